The van der Waals surface area contributed by atoms with Crippen molar-refractivity contribution in [1.82, 2.24) is 14.5 Å². The number of carbonyl (C=O) groups is 1. The molecule has 3 rings (SSSR count). The van der Waals surface area contributed by atoms with Crippen LogP contribution in [0.5, 0.6) is 0 Å². The first-order chi connectivity index (χ1) is 12.4. The zero-order chi connectivity index (χ0) is 18.7. The Morgan fingerprint density at radius 1 is 1.23 bits per heavy atom. The highest BCUT2D eigenvalue weighted by molar-refractivity contribution is 7.89. The van der Waals surface area contributed by atoms with Gasteiger partial charge in [0.2, 0.25) is 10.0 Å². The number of rotatable bonds is 4. The molecule has 0 bridgehead atoms. The summed E-state index contributed by atoms with van der Waals surface area (Å²) in [5, 5.41) is 3.45. The molecule has 2 fully saturated rings. The number of nitrogens with zero attached hydrogens (tertiary/aromatic N) is 2. The Kier molecular flexibility index (Phi) is 6.06. The van der Waals surface area contributed by atoms with Crippen LogP contribution in [0.1, 0.15) is 19.8 Å². The minimum absolute atomic E-state index is 0.0548. The van der Waals surface area contributed by atoms with Gasteiger partial charge in [-0.15, -0.1) is 0 Å². The normalized spacial score (nSPS) is 23.0. The first-order valence-corrected chi connectivity index (χ1v) is 10.6. The van der Waals surface area contributed by atoms with Crippen molar-refractivity contribution in [3.8, 4) is 0 Å². The van der Waals surface area contributed by atoms with E-state index >= 15 is 0 Å². The maximum atomic E-state index is 12.7. The topological polar surface area (TPSA) is 79.0 Å². The lowest BCUT2D eigenvalue weighted by molar-refractivity contribution is 0.0821. The average Bonchev–Trinajstić information content (AvgIpc) is 3.17. The van der Waals surface area contributed by atoms with Crippen molar-refractivity contribution in [3.05, 3.63) is 29.3 Å². The van der Waals surface area contributed by atoms with Crippen LogP contribution in [0.2, 0.25) is 5.02 Å². The quantitative estimate of drug-likeness (QED) is 0.836. The number of urea groups is 1. The van der Waals surface area contributed by atoms with Gasteiger partial charge in [0.15, 0.2) is 0 Å². The molecule has 1 aromatic carbocycles. The van der Waals surface area contributed by atoms with Crippen molar-refractivity contribution in [3.63, 3.8) is 0 Å². The molecule has 0 aliphatic carbocycles. The second-order valence-electron chi connectivity index (χ2n) is 6.63. The third-order valence-corrected chi connectivity index (χ3v) is 7.02. The minimum atomic E-state index is -3.57. The molecular weight excluding hydrogens is 378 g/mol. The number of hydrogen-bond donors (Lipinski definition) is 1. The lowest BCUT2D eigenvalue weighted by Crippen LogP contribution is -2.55. The fourth-order valence-electron chi connectivity index (χ4n) is 3.26. The molecular formula is C17H24ClN3O4S. The Morgan fingerprint density at radius 2 is 1.88 bits per heavy atom. The summed E-state index contributed by atoms with van der Waals surface area (Å²) in [6, 6.07) is 5.90. The van der Waals surface area contributed by atoms with E-state index in [0.29, 0.717) is 18.1 Å². The second kappa shape index (κ2) is 8.12. The molecule has 2 atom stereocenters. The van der Waals surface area contributed by atoms with Crippen LogP contribution in [-0.2, 0) is 14.8 Å². The largest absolute Gasteiger partial charge is 0.376 e. The van der Waals surface area contributed by atoms with Gasteiger partial charge in [-0.05, 0) is 44.0 Å². The first-order valence-electron chi connectivity index (χ1n) is 8.81. The summed E-state index contributed by atoms with van der Waals surface area (Å²) in [5.41, 5.74) is 0. The third kappa shape index (κ3) is 4.31. The van der Waals surface area contributed by atoms with Crippen LogP contribution >= 0.6 is 11.6 Å². The summed E-state index contributed by atoms with van der Waals surface area (Å²) in [4.78, 5) is 14.3. The SMILES string of the molecule is C[C@@H](NC(=O)N1CCN(S(=O)(=O)c2ccc(Cl)cc2)CC1)[C@H]1CCCO1. The number of benzene rings is 1. The van der Waals surface area contributed by atoms with E-state index < -0.39 is 10.0 Å². The number of sulfonamides is 1. The van der Waals surface area contributed by atoms with Crippen molar-refractivity contribution in [2.75, 3.05) is 32.8 Å². The van der Waals surface area contributed by atoms with Crippen LogP contribution in [0, 0.1) is 0 Å². The van der Waals surface area contributed by atoms with Gasteiger partial charge in [0.05, 0.1) is 17.0 Å². The van der Waals surface area contributed by atoms with Crippen LogP contribution in [0.4, 0.5) is 4.79 Å². The number of piperazine rings is 1. The predicted molar refractivity (Wildman–Crippen MR) is 98.8 cm³/mol. The van der Waals surface area contributed by atoms with Crippen molar-refractivity contribution in [2.45, 2.75) is 36.8 Å². The molecule has 2 amide bonds. The highest BCUT2D eigenvalue weighted by Crippen LogP contribution is 2.20. The van der Waals surface area contributed by atoms with Crippen molar-refractivity contribution >= 4 is 27.7 Å². The maximum Gasteiger partial charge on any atom is 0.317 e. The summed E-state index contributed by atoms with van der Waals surface area (Å²) in [7, 11) is -3.57. The van der Waals surface area contributed by atoms with Gasteiger partial charge < -0.3 is 15.0 Å². The number of carbonyl (C=O) groups excluding carboxylic acids is 1. The molecule has 1 N–H and O–H groups in total. The van der Waals surface area contributed by atoms with Crippen LogP contribution in [0.15, 0.2) is 29.2 Å². The van der Waals surface area contributed by atoms with E-state index in [2.05, 4.69) is 5.32 Å². The Labute approximate surface area is 159 Å². The van der Waals surface area contributed by atoms with E-state index in [9.17, 15) is 13.2 Å². The van der Waals surface area contributed by atoms with Crippen LogP contribution in [0.3, 0.4) is 0 Å². The number of amides is 2. The summed E-state index contributed by atoms with van der Waals surface area (Å²) >= 11 is 5.82. The molecule has 26 heavy (non-hydrogen) atoms. The Balaban J connectivity index is 1.54. The highest BCUT2D eigenvalue weighted by Gasteiger charge is 2.31. The summed E-state index contributed by atoms with van der Waals surface area (Å²) in [6.45, 7) is 3.94. The number of nitrogens with one attached hydrogen (secondary N) is 1. The highest BCUT2D eigenvalue weighted by atomic mass is 35.5. The zero-order valence-corrected chi connectivity index (χ0v) is 16.3. The maximum absolute atomic E-state index is 12.7. The van der Waals surface area contributed by atoms with Gasteiger partial charge in [-0.3, -0.25) is 0 Å². The smallest absolute Gasteiger partial charge is 0.317 e. The molecule has 0 saturated carbocycles. The molecule has 0 unspecified atom stereocenters. The van der Waals surface area contributed by atoms with E-state index in [1.807, 2.05) is 6.92 Å². The monoisotopic (exact) mass is 401 g/mol. The molecule has 2 heterocycles. The molecule has 144 valence electrons. The van der Waals surface area contributed by atoms with Gasteiger partial charge in [-0.2, -0.15) is 4.31 Å². The van der Waals surface area contributed by atoms with E-state index in [0.717, 1.165) is 19.4 Å². The summed E-state index contributed by atoms with van der Waals surface area (Å²) in [6.07, 6.45) is 2.03. The zero-order valence-electron chi connectivity index (χ0n) is 14.7. The average molecular weight is 402 g/mol. The number of ether oxygens (including phenoxy) is 1. The van der Waals surface area contributed by atoms with Gasteiger partial charge in [-0.25, -0.2) is 13.2 Å². The molecule has 7 nitrogen and oxygen atoms in total. The fourth-order valence-corrected chi connectivity index (χ4v) is 4.81. The third-order valence-electron chi connectivity index (χ3n) is 4.85. The fraction of sp³-hybridized carbons (Fsp3) is 0.588. The van der Waals surface area contributed by atoms with Crippen molar-refractivity contribution in [1.29, 1.82) is 0 Å². The molecule has 2 aliphatic heterocycles. The molecule has 1 aromatic rings. The molecule has 2 aliphatic rings. The predicted octanol–water partition coefficient (Wildman–Crippen LogP) is 1.92. The van der Waals surface area contributed by atoms with Crippen LogP contribution < -0.4 is 5.32 Å². The first kappa shape index (κ1) is 19.4. The van der Waals surface area contributed by atoms with E-state index in [1.54, 1.807) is 17.0 Å². The standard InChI is InChI=1S/C17H24ClN3O4S/c1-13(16-3-2-12-25-16)19-17(22)20-8-10-21(11-9-20)26(23,24)15-6-4-14(18)5-7-15/h4-7,13,16H,2-3,8-12H2,1H3,(H,19,22)/t13-,16-/m1/s1. The molecule has 2 saturated heterocycles. The van der Waals surface area contributed by atoms with Crippen LogP contribution in [0.25, 0.3) is 0 Å². The van der Waals surface area contributed by atoms with E-state index in [1.165, 1.54) is 16.4 Å². The number of halogens is 1. The van der Waals surface area contributed by atoms with Gasteiger partial charge in [0.25, 0.3) is 0 Å². The van der Waals surface area contributed by atoms with Crippen LogP contribution in [-0.4, -0.2) is 68.6 Å². The van der Waals surface area contributed by atoms with Gasteiger partial charge >= 0.3 is 6.03 Å². The lowest BCUT2D eigenvalue weighted by Gasteiger charge is -2.35. The summed E-state index contributed by atoms with van der Waals surface area (Å²) in [5.74, 6) is 0. The lowest BCUT2D eigenvalue weighted by atomic mass is 10.1. The second-order valence-corrected chi connectivity index (χ2v) is 9.01. The van der Waals surface area contributed by atoms with Gasteiger partial charge in [0, 0.05) is 37.8 Å². The van der Waals surface area contributed by atoms with Crippen molar-refractivity contribution in [2.24, 2.45) is 0 Å². The van der Waals surface area contributed by atoms with Gasteiger partial charge in [-0.1, -0.05) is 11.6 Å². The molecule has 9 heteroatoms. The number of hydrogen-bond acceptors (Lipinski definition) is 4. The van der Waals surface area contributed by atoms with E-state index in [-0.39, 0.29) is 36.2 Å². The molecule has 0 spiro atoms. The molecule has 0 aromatic heterocycles. The minimum Gasteiger partial charge on any atom is -0.376 e. The Bertz CT molecular complexity index is 727. The summed E-state index contributed by atoms with van der Waals surface area (Å²) < 4.78 is 32.3. The Morgan fingerprint density at radius 3 is 2.46 bits per heavy atom. The van der Waals surface area contributed by atoms with Gasteiger partial charge in [0.1, 0.15) is 0 Å². The van der Waals surface area contributed by atoms with Crippen molar-refractivity contribution < 1.29 is 17.9 Å². The Hall–Kier alpha value is -1.35. The molecule has 0 radical (unpaired) electrons. The van der Waals surface area contributed by atoms with E-state index in [4.69, 9.17) is 16.3 Å².